The van der Waals surface area contributed by atoms with Crippen molar-refractivity contribution in [2.75, 3.05) is 19.6 Å². The second kappa shape index (κ2) is 5.15. The zero-order valence-corrected chi connectivity index (χ0v) is 10.8. The van der Waals surface area contributed by atoms with Crippen molar-refractivity contribution >= 4 is 5.97 Å². The second-order valence-corrected chi connectivity index (χ2v) is 5.75. The Morgan fingerprint density at radius 2 is 2.12 bits per heavy atom. The van der Waals surface area contributed by atoms with Crippen LogP contribution >= 0.6 is 0 Å². The molecule has 1 rings (SSSR count). The molecule has 0 bridgehead atoms. The summed E-state index contributed by atoms with van der Waals surface area (Å²) >= 11 is 0. The molecule has 2 atom stereocenters. The quantitative estimate of drug-likeness (QED) is 0.716. The van der Waals surface area contributed by atoms with Crippen LogP contribution in [0.1, 0.15) is 34.1 Å². The van der Waals surface area contributed by atoms with Gasteiger partial charge in [-0.05, 0) is 33.1 Å². The Kier molecular flexibility index (Phi) is 4.33. The predicted octanol–water partition coefficient (Wildman–Crippen LogP) is 0.997. The van der Waals surface area contributed by atoms with Crippen molar-refractivity contribution in [1.82, 2.24) is 4.90 Å². The zero-order chi connectivity index (χ0) is 12.3. The lowest BCUT2D eigenvalue weighted by Gasteiger charge is -2.34. The average Bonchev–Trinajstić information content (AvgIpc) is 2.08. The van der Waals surface area contributed by atoms with Gasteiger partial charge in [-0.2, -0.15) is 0 Å². The summed E-state index contributed by atoms with van der Waals surface area (Å²) in [4.78, 5) is 13.7. The summed E-state index contributed by atoms with van der Waals surface area (Å²) in [5.41, 5.74) is 5.54. The van der Waals surface area contributed by atoms with Gasteiger partial charge in [-0.3, -0.25) is 9.69 Å². The highest BCUT2D eigenvalue weighted by Crippen LogP contribution is 2.15. The van der Waals surface area contributed by atoms with Crippen LogP contribution in [0, 0.1) is 5.92 Å². The van der Waals surface area contributed by atoms with E-state index < -0.39 is 5.60 Å². The van der Waals surface area contributed by atoms with Crippen molar-refractivity contribution in [2.45, 2.75) is 45.8 Å². The third-order valence-electron chi connectivity index (χ3n) is 2.83. The van der Waals surface area contributed by atoms with E-state index in [1.165, 1.54) is 0 Å². The molecule has 1 heterocycles. The van der Waals surface area contributed by atoms with Gasteiger partial charge in [-0.15, -0.1) is 0 Å². The minimum atomic E-state index is -0.394. The fourth-order valence-electron chi connectivity index (χ4n) is 1.95. The van der Waals surface area contributed by atoms with E-state index in [2.05, 4.69) is 11.8 Å². The van der Waals surface area contributed by atoms with Crippen LogP contribution in [0.3, 0.4) is 0 Å². The third kappa shape index (κ3) is 4.49. The van der Waals surface area contributed by atoms with Gasteiger partial charge in [0, 0.05) is 19.1 Å². The van der Waals surface area contributed by atoms with E-state index in [1.54, 1.807) is 0 Å². The molecule has 4 heteroatoms. The van der Waals surface area contributed by atoms with Crippen molar-refractivity contribution in [3.05, 3.63) is 0 Å². The van der Waals surface area contributed by atoms with Gasteiger partial charge < -0.3 is 10.5 Å². The number of carbonyl (C=O) groups is 1. The van der Waals surface area contributed by atoms with Crippen LogP contribution in [-0.4, -0.2) is 42.1 Å². The standard InChI is InChI=1S/C12H24N2O2/c1-9-7-14(6-5-10(9)13)8-11(15)16-12(2,3)4/h9-10H,5-8,13H2,1-4H3. The van der Waals surface area contributed by atoms with Crippen molar-refractivity contribution in [3.63, 3.8) is 0 Å². The van der Waals surface area contributed by atoms with Crippen LogP contribution in [0.5, 0.6) is 0 Å². The summed E-state index contributed by atoms with van der Waals surface area (Å²) in [7, 11) is 0. The number of ether oxygens (including phenoxy) is 1. The molecule has 0 saturated carbocycles. The first-order chi connectivity index (χ1) is 7.28. The van der Waals surface area contributed by atoms with Crippen molar-refractivity contribution < 1.29 is 9.53 Å². The zero-order valence-electron chi connectivity index (χ0n) is 10.8. The minimum absolute atomic E-state index is 0.143. The van der Waals surface area contributed by atoms with Gasteiger partial charge in [0.25, 0.3) is 0 Å². The van der Waals surface area contributed by atoms with Gasteiger partial charge in [0.05, 0.1) is 6.54 Å². The van der Waals surface area contributed by atoms with Gasteiger partial charge in [-0.1, -0.05) is 6.92 Å². The maximum atomic E-state index is 11.6. The molecule has 1 fully saturated rings. The molecule has 0 aromatic rings. The van der Waals surface area contributed by atoms with E-state index >= 15 is 0 Å². The summed E-state index contributed by atoms with van der Waals surface area (Å²) < 4.78 is 5.29. The molecule has 1 aliphatic heterocycles. The van der Waals surface area contributed by atoms with Crippen LogP contribution in [0.25, 0.3) is 0 Å². The number of likely N-dealkylation sites (tertiary alicyclic amines) is 1. The van der Waals surface area contributed by atoms with Gasteiger partial charge in [0.1, 0.15) is 5.60 Å². The molecule has 0 amide bonds. The lowest BCUT2D eigenvalue weighted by molar-refractivity contribution is -0.156. The molecule has 94 valence electrons. The van der Waals surface area contributed by atoms with E-state index in [0.29, 0.717) is 12.5 Å². The molecule has 16 heavy (non-hydrogen) atoms. The maximum Gasteiger partial charge on any atom is 0.320 e. The number of carbonyl (C=O) groups excluding carboxylic acids is 1. The SMILES string of the molecule is CC1CN(CC(=O)OC(C)(C)C)CCC1N. The molecule has 0 radical (unpaired) electrons. The first-order valence-corrected chi connectivity index (χ1v) is 5.98. The summed E-state index contributed by atoms with van der Waals surface area (Å²) in [6.45, 7) is 9.96. The molecule has 4 nitrogen and oxygen atoms in total. The highest BCUT2D eigenvalue weighted by molar-refractivity contribution is 5.72. The fourth-order valence-corrected chi connectivity index (χ4v) is 1.95. The molecular formula is C12H24N2O2. The van der Waals surface area contributed by atoms with Crippen LogP contribution in [0.4, 0.5) is 0 Å². The van der Waals surface area contributed by atoms with Crippen LogP contribution < -0.4 is 5.73 Å². The van der Waals surface area contributed by atoms with Crippen LogP contribution in [0.2, 0.25) is 0 Å². The number of piperidine rings is 1. The van der Waals surface area contributed by atoms with Gasteiger partial charge in [-0.25, -0.2) is 0 Å². The van der Waals surface area contributed by atoms with Gasteiger partial charge in [0.15, 0.2) is 0 Å². The Morgan fingerprint density at radius 1 is 1.50 bits per heavy atom. The van der Waals surface area contributed by atoms with Crippen LogP contribution in [-0.2, 0) is 9.53 Å². The Balaban J connectivity index is 2.35. The lowest BCUT2D eigenvalue weighted by atomic mass is 9.95. The summed E-state index contributed by atoms with van der Waals surface area (Å²) in [5.74, 6) is 0.311. The number of nitrogens with zero attached hydrogens (tertiary/aromatic N) is 1. The van der Waals surface area contributed by atoms with E-state index in [-0.39, 0.29) is 12.0 Å². The fraction of sp³-hybridized carbons (Fsp3) is 0.917. The number of rotatable bonds is 2. The summed E-state index contributed by atoms with van der Waals surface area (Å²) in [5, 5.41) is 0. The second-order valence-electron chi connectivity index (χ2n) is 5.75. The number of esters is 1. The topological polar surface area (TPSA) is 55.6 Å². The highest BCUT2D eigenvalue weighted by atomic mass is 16.6. The minimum Gasteiger partial charge on any atom is -0.459 e. The summed E-state index contributed by atoms with van der Waals surface area (Å²) in [6, 6.07) is 0.273. The van der Waals surface area contributed by atoms with Gasteiger partial charge >= 0.3 is 5.97 Å². The van der Waals surface area contributed by atoms with Crippen LogP contribution in [0.15, 0.2) is 0 Å². The lowest BCUT2D eigenvalue weighted by Crippen LogP contribution is -2.48. The Morgan fingerprint density at radius 3 is 2.62 bits per heavy atom. The molecule has 2 N–H and O–H groups in total. The highest BCUT2D eigenvalue weighted by Gasteiger charge is 2.26. The van der Waals surface area contributed by atoms with Crippen molar-refractivity contribution in [3.8, 4) is 0 Å². The van der Waals surface area contributed by atoms with E-state index in [9.17, 15) is 4.79 Å². The molecule has 0 aliphatic carbocycles. The van der Waals surface area contributed by atoms with E-state index in [1.807, 2.05) is 20.8 Å². The predicted molar refractivity (Wildman–Crippen MR) is 64.0 cm³/mol. The Bertz CT molecular complexity index is 248. The average molecular weight is 228 g/mol. The Hall–Kier alpha value is -0.610. The number of hydrogen-bond acceptors (Lipinski definition) is 4. The number of hydrogen-bond donors (Lipinski definition) is 1. The normalized spacial score (nSPS) is 27.8. The maximum absolute atomic E-state index is 11.6. The molecule has 1 saturated heterocycles. The molecule has 1 aliphatic rings. The van der Waals surface area contributed by atoms with Gasteiger partial charge in [0.2, 0.25) is 0 Å². The Labute approximate surface area is 98.1 Å². The smallest absolute Gasteiger partial charge is 0.320 e. The first-order valence-electron chi connectivity index (χ1n) is 5.98. The van der Waals surface area contributed by atoms with Crippen molar-refractivity contribution in [1.29, 1.82) is 0 Å². The monoisotopic (exact) mass is 228 g/mol. The van der Waals surface area contributed by atoms with E-state index in [4.69, 9.17) is 10.5 Å². The molecule has 0 aromatic carbocycles. The molecular weight excluding hydrogens is 204 g/mol. The largest absolute Gasteiger partial charge is 0.459 e. The summed E-state index contributed by atoms with van der Waals surface area (Å²) in [6.07, 6.45) is 0.962. The van der Waals surface area contributed by atoms with E-state index in [0.717, 1.165) is 19.5 Å². The third-order valence-corrected chi connectivity index (χ3v) is 2.83. The number of nitrogens with two attached hydrogens (primary N) is 1. The van der Waals surface area contributed by atoms with Crippen molar-refractivity contribution in [2.24, 2.45) is 11.7 Å². The molecule has 0 aromatic heterocycles. The molecule has 2 unspecified atom stereocenters. The molecule has 0 spiro atoms. The first kappa shape index (κ1) is 13.5.